The normalized spacial score (nSPS) is 21.5. The van der Waals surface area contributed by atoms with E-state index in [0.29, 0.717) is 6.04 Å². The third-order valence-electron chi connectivity index (χ3n) is 3.99. The van der Waals surface area contributed by atoms with E-state index in [1.165, 1.54) is 31.2 Å². The Bertz CT molecular complexity index is 298. The van der Waals surface area contributed by atoms with Crippen molar-refractivity contribution in [2.45, 2.75) is 50.5 Å². The summed E-state index contributed by atoms with van der Waals surface area (Å²) in [6, 6.07) is 11.2. The fourth-order valence-electron chi connectivity index (χ4n) is 3.04. The van der Waals surface area contributed by atoms with E-state index in [4.69, 9.17) is 5.73 Å². The van der Waals surface area contributed by atoms with Gasteiger partial charge in [0.1, 0.15) is 0 Å². The minimum Gasteiger partial charge on any atom is -0.327 e. The molecule has 0 radical (unpaired) electrons. The second-order valence-electron chi connectivity index (χ2n) is 4.74. The molecule has 1 aromatic carbocycles. The van der Waals surface area contributed by atoms with Crippen LogP contribution in [0.25, 0.3) is 0 Å². The van der Waals surface area contributed by atoms with Crippen molar-refractivity contribution in [1.29, 1.82) is 0 Å². The Hall–Kier alpha value is -0.820. The molecule has 1 nitrogen and oxygen atoms in total. The third-order valence-corrected chi connectivity index (χ3v) is 3.99. The lowest BCUT2D eigenvalue weighted by atomic mass is 9.72. The highest BCUT2D eigenvalue weighted by atomic mass is 14.7. The molecule has 2 rings (SSSR count). The summed E-state index contributed by atoms with van der Waals surface area (Å²) in [7, 11) is 0. The summed E-state index contributed by atoms with van der Waals surface area (Å²) in [5.74, 6) is 0. The van der Waals surface area contributed by atoms with Gasteiger partial charge in [0.2, 0.25) is 0 Å². The van der Waals surface area contributed by atoms with Crippen LogP contribution in [0.15, 0.2) is 30.3 Å². The standard InChI is InChI=1S/C14H21N/c1-2-13(15)14(10-6-7-11-14)12-8-4-3-5-9-12/h3-5,8-9,13H,2,6-7,10-11,15H2,1H3/t13-/m1/s1. The predicted molar refractivity (Wildman–Crippen MR) is 64.9 cm³/mol. The molecule has 1 saturated carbocycles. The Morgan fingerprint density at radius 1 is 1.20 bits per heavy atom. The largest absolute Gasteiger partial charge is 0.327 e. The number of nitrogens with two attached hydrogens (primary N) is 1. The molecular weight excluding hydrogens is 182 g/mol. The summed E-state index contributed by atoms with van der Waals surface area (Å²) in [5.41, 5.74) is 8.07. The number of hydrogen-bond donors (Lipinski definition) is 1. The fourth-order valence-corrected chi connectivity index (χ4v) is 3.04. The van der Waals surface area contributed by atoms with Crippen LogP contribution < -0.4 is 5.73 Å². The van der Waals surface area contributed by atoms with Crippen LogP contribution in [0, 0.1) is 0 Å². The molecule has 0 bridgehead atoms. The van der Waals surface area contributed by atoms with E-state index < -0.39 is 0 Å². The highest BCUT2D eigenvalue weighted by molar-refractivity contribution is 5.28. The summed E-state index contributed by atoms with van der Waals surface area (Å²) in [6.07, 6.45) is 6.29. The van der Waals surface area contributed by atoms with Crippen LogP contribution >= 0.6 is 0 Å². The van der Waals surface area contributed by atoms with Crippen LogP contribution in [0.3, 0.4) is 0 Å². The topological polar surface area (TPSA) is 26.0 Å². The van der Waals surface area contributed by atoms with Crippen molar-refractivity contribution in [3.63, 3.8) is 0 Å². The van der Waals surface area contributed by atoms with Gasteiger partial charge in [-0.25, -0.2) is 0 Å². The second kappa shape index (κ2) is 4.36. The summed E-state index contributed by atoms with van der Waals surface area (Å²) in [4.78, 5) is 0. The third kappa shape index (κ3) is 1.81. The van der Waals surface area contributed by atoms with Crippen LogP contribution in [0.2, 0.25) is 0 Å². The van der Waals surface area contributed by atoms with Gasteiger partial charge in [-0.05, 0) is 24.8 Å². The molecule has 2 N–H and O–H groups in total. The van der Waals surface area contributed by atoms with E-state index in [9.17, 15) is 0 Å². The number of hydrogen-bond acceptors (Lipinski definition) is 1. The SMILES string of the molecule is CC[C@@H](N)C1(c2ccccc2)CCCC1. The maximum atomic E-state index is 6.35. The van der Waals surface area contributed by atoms with Gasteiger partial charge in [0.15, 0.2) is 0 Å². The first-order chi connectivity index (χ1) is 7.29. The number of rotatable bonds is 3. The highest BCUT2D eigenvalue weighted by Crippen LogP contribution is 2.43. The molecule has 1 heteroatoms. The lowest BCUT2D eigenvalue weighted by Gasteiger charge is -2.35. The zero-order chi connectivity index (χ0) is 10.7. The first kappa shape index (κ1) is 10.7. The van der Waals surface area contributed by atoms with Crippen molar-refractivity contribution in [3.05, 3.63) is 35.9 Å². The monoisotopic (exact) mass is 203 g/mol. The van der Waals surface area contributed by atoms with Crippen LogP contribution in [-0.4, -0.2) is 6.04 Å². The van der Waals surface area contributed by atoms with Crippen LogP contribution in [0.4, 0.5) is 0 Å². The first-order valence-corrected chi connectivity index (χ1v) is 6.11. The van der Waals surface area contributed by atoms with Gasteiger partial charge < -0.3 is 5.73 Å². The van der Waals surface area contributed by atoms with Crippen molar-refractivity contribution in [1.82, 2.24) is 0 Å². The molecule has 0 aromatic heterocycles. The molecule has 0 unspecified atom stereocenters. The molecule has 1 fully saturated rings. The minimum atomic E-state index is 0.274. The van der Waals surface area contributed by atoms with Crippen LogP contribution in [0.1, 0.15) is 44.6 Å². The van der Waals surface area contributed by atoms with Gasteiger partial charge in [-0.15, -0.1) is 0 Å². The maximum Gasteiger partial charge on any atom is 0.0134 e. The van der Waals surface area contributed by atoms with E-state index in [1.54, 1.807) is 0 Å². The lowest BCUT2D eigenvalue weighted by Crippen LogP contribution is -2.43. The Labute approximate surface area is 92.7 Å². The molecule has 0 spiro atoms. The van der Waals surface area contributed by atoms with Crippen molar-refractivity contribution < 1.29 is 0 Å². The number of benzene rings is 1. The van der Waals surface area contributed by atoms with Crippen molar-refractivity contribution in [2.75, 3.05) is 0 Å². The van der Waals surface area contributed by atoms with Gasteiger partial charge in [0, 0.05) is 11.5 Å². The van der Waals surface area contributed by atoms with Gasteiger partial charge in [0.05, 0.1) is 0 Å². The Balaban J connectivity index is 2.35. The van der Waals surface area contributed by atoms with E-state index in [-0.39, 0.29) is 5.41 Å². The quantitative estimate of drug-likeness (QED) is 0.802. The van der Waals surface area contributed by atoms with E-state index in [2.05, 4.69) is 37.3 Å². The summed E-state index contributed by atoms with van der Waals surface area (Å²) >= 11 is 0. The molecule has 1 aliphatic rings. The molecule has 0 aliphatic heterocycles. The predicted octanol–water partition coefficient (Wildman–Crippen LogP) is 3.24. The molecule has 0 heterocycles. The van der Waals surface area contributed by atoms with Crippen LogP contribution in [-0.2, 0) is 5.41 Å². The molecule has 0 saturated heterocycles. The average Bonchev–Trinajstić information content (AvgIpc) is 2.79. The first-order valence-electron chi connectivity index (χ1n) is 6.11. The van der Waals surface area contributed by atoms with Gasteiger partial charge in [-0.1, -0.05) is 50.1 Å². The average molecular weight is 203 g/mol. The maximum absolute atomic E-state index is 6.35. The second-order valence-corrected chi connectivity index (χ2v) is 4.74. The van der Waals surface area contributed by atoms with E-state index in [0.717, 1.165) is 6.42 Å². The molecule has 1 aliphatic carbocycles. The molecular formula is C14H21N. The molecule has 0 amide bonds. The van der Waals surface area contributed by atoms with Crippen molar-refractivity contribution in [3.8, 4) is 0 Å². The molecule has 1 atom stereocenters. The Morgan fingerprint density at radius 2 is 1.80 bits per heavy atom. The Morgan fingerprint density at radius 3 is 2.33 bits per heavy atom. The smallest absolute Gasteiger partial charge is 0.0134 e. The summed E-state index contributed by atoms with van der Waals surface area (Å²) < 4.78 is 0. The van der Waals surface area contributed by atoms with Gasteiger partial charge >= 0.3 is 0 Å². The van der Waals surface area contributed by atoms with Crippen molar-refractivity contribution in [2.24, 2.45) is 5.73 Å². The van der Waals surface area contributed by atoms with E-state index in [1.807, 2.05) is 0 Å². The molecule has 1 aromatic rings. The van der Waals surface area contributed by atoms with Gasteiger partial charge in [-0.2, -0.15) is 0 Å². The minimum absolute atomic E-state index is 0.274. The van der Waals surface area contributed by atoms with Gasteiger partial charge in [0.25, 0.3) is 0 Å². The zero-order valence-electron chi connectivity index (χ0n) is 9.58. The van der Waals surface area contributed by atoms with Crippen molar-refractivity contribution >= 4 is 0 Å². The summed E-state index contributed by atoms with van der Waals surface area (Å²) in [6.45, 7) is 2.20. The zero-order valence-corrected chi connectivity index (χ0v) is 9.58. The van der Waals surface area contributed by atoms with E-state index >= 15 is 0 Å². The Kier molecular flexibility index (Phi) is 3.11. The highest BCUT2D eigenvalue weighted by Gasteiger charge is 2.39. The van der Waals surface area contributed by atoms with Crippen LogP contribution in [0.5, 0.6) is 0 Å². The molecule has 15 heavy (non-hydrogen) atoms. The van der Waals surface area contributed by atoms with Gasteiger partial charge in [-0.3, -0.25) is 0 Å². The fraction of sp³-hybridized carbons (Fsp3) is 0.571. The molecule has 82 valence electrons. The summed E-state index contributed by atoms with van der Waals surface area (Å²) in [5, 5.41) is 0. The lowest BCUT2D eigenvalue weighted by molar-refractivity contribution is 0.342.